The highest BCUT2D eigenvalue weighted by atomic mass is 16.2. The van der Waals surface area contributed by atoms with Crippen LogP contribution in [0.2, 0.25) is 0 Å². The van der Waals surface area contributed by atoms with Crippen LogP contribution in [0.5, 0.6) is 0 Å². The van der Waals surface area contributed by atoms with Crippen molar-refractivity contribution in [1.82, 2.24) is 0 Å². The lowest BCUT2D eigenvalue weighted by Gasteiger charge is -2.20. The van der Waals surface area contributed by atoms with E-state index in [4.69, 9.17) is 5.73 Å². The molecule has 0 bridgehead atoms. The van der Waals surface area contributed by atoms with E-state index in [1.54, 1.807) is 0 Å². The maximum atomic E-state index is 12.0. The minimum absolute atomic E-state index is 0.496. The first-order valence-corrected chi connectivity index (χ1v) is 6.78. The van der Waals surface area contributed by atoms with E-state index in [-0.39, 0.29) is 0 Å². The Morgan fingerprint density at radius 2 is 1.41 bits per heavy atom. The molecule has 0 saturated carbocycles. The zero-order valence-corrected chi connectivity index (χ0v) is 11.6. The van der Waals surface area contributed by atoms with Gasteiger partial charge < -0.3 is 5.73 Å². The van der Waals surface area contributed by atoms with Gasteiger partial charge >= 0.3 is 0 Å². The Kier molecular flexibility index (Phi) is 3.62. The number of amides is 2. The molecule has 2 N–H and O–H groups in total. The highest BCUT2D eigenvalue weighted by Gasteiger charge is 2.35. The number of carbonyl (C=O) groups excluding carboxylic acids is 2. The van der Waals surface area contributed by atoms with Gasteiger partial charge in [0.1, 0.15) is 5.92 Å². The third-order valence-electron chi connectivity index (χ3n) is 3.46. The number of primary amides is 1. The lowest BCUT2D eigenvalue weighted by Crippen LogP contribution is -2.32. The van der Waals surface area contributed by atoms with Gasteiger partial charge in [-0.3, -0.25) is 9.59 Å². The molecule has 1 heterocycles. The van der Waals surface area contributed by atoms with Crippen molar-refractivity contribution in [1.29, 1.82) is 0 Å². The van der Waals surface area contributed by atoms with Gasteiger partial charge in [-0.1, -0.05) is 60.7 Å². The molecule has 0 aromatic heterocycles. The number of benzene rings is 2. The van der Waals surface area contributed by atoms with Crippen molar-refractivity contribution >= 4 is 23.1 Å². The largest absolute Gasteiger partial charge is 0.369 e. The Morgan fingerprint density at radius 1 is 0.864 bits per heavy atom. The van der Waals surface area contributed by atoms with E-state index in [1.807, 2.05) is 60.7 Å². The Bertz CT molecular complexity index is 780. The van der Waals surface area contributed by atoms with Crippen molar-refractivity contribution in [2.75, 3.05) is 0 Å². The summed E-state index contributed by atoms with van der Waals surface area (Å²) in [7, 11) is 0. The quantitative estimate of drug-likeness (QED) is 0.881. The van der Waals surface area contributed by atoms with Gasteiger partial charge in [0.05, 0.1) is 5.70 Å². The number of hydrogen-bond acceptors (Lipinski definition) is 3. The molecule has 22 heavy (non-hydrogen) atoms. The standard InChI is InChI=1S/C17H13N3O2/c18-16(21)14-13(11-7-3-1-4-8-11)15(19-20-17(14)22)12-9-5-2-6-10-12/h1-10,14H,(H2,18,21). The molecule has 2 aromatic carbocycles. The molecular weight excluding hydrogens is 278 g/mol. The van der Waals surface area contributed by atoms with Crippen LogP contribution in [0.4, 0.5) is 0 Å². The van der Waals surface area contributed by atoms with E-state index in [0.717, 1.165) is 11.1 Å². The minimum Gasteiger partial charge on any atom is -0.369 e. The molecule has 0 saturated heterocycles. The number of hydrogen-bond donors (Lipinski definition) is 1. The maximum Gasteiger partial charge on any atom is 0.281 e. The molecule has 0 radical (unpaired) electrons. The third kappa shape index (κ3) is 2.44. The topological polar surface area (TPSA) is 84.9 Å². The fourth-order valence-corrected chi connectivity index (χ4v) is 2.47. The highest BCUT2D eigenvalue weighted by Crippen LogP contribution is 2.37. The zero-order chi connectivity index (χ0) is 15.5. The van der Waals surface area contributed by atoms with E-state index < -0.39 is 17.7 Å². The second kappa shape index (κ2) is 5.73. The van der Waals surface area contributed by atoms with E-state index in [0.29, 0.717) is 11.3 Å². The molecule has 3 rings (SSSR count). The van der Waals surface area contributed by atoms with Gasteiger partial charge in [0, 0.05) is 11.1 Å². The zero-order valence-electron chi connectivity index (χ0n) is 11.6. The van der Waals surface area contributed by atoms with Crippen LogP contribution >= 0.6 is 0 Å². The van der Waals surface area contributed by atoms with Gasteiger partial charge in [0.2, 0.25) is 5.91 Å². The first-order chi connectivity index (χ1) is 10.7. The molecule has 108 valence electrons. The molecule has 5 nitrogen and oxygen atoms in total. The predicted molar refractivity (Wildman–Crippen MR) is 82.2 cm³/mol. The van der Waals surface area contributed by atoms with E-state index in [9.17, 15) is 9.59 Å². The number of nitrogens with two attached hydrogens (primary N) is 1. The minimum atomic E-state index is -1.12. The number of rotatable bonds is 3. The maximum absolute atomic E-state index is 12.0. The Labute approximate surface area is 127 Å². The average molecular weight is 291 g/mol. The van der Waals surface area contributed by atoms with E-state index >= 15 is 0 Å². The Morgan fingerprint density at radius 3 is 1.95 bits per heavy atom. The van der Waals surface area contributed by atoms with Crippen LogP contribution in [0.1, 0.15) is 11.1 Å². The molecular formula is C17H13N3O2. The average Bonchev–Trinajstić information content (AvgIpc) is 2.56. The summed E-state index contributed by atoms with van der Waals surface area (Å²) in [5, 5.41) is 7.61. The highest BCUT2D eigenvalue weighted by molar-refractivity contribution is 6.16. The van der Waals surface area contributed by atoms with Gasteiger partial charge in [0.25, 0.3) is 5.91 Å². The molecule has 1 unspecified atom stereocenters. The molecule has 0 aliphatic carbocycles. The van der Waals surface area contributed by atoms with Crippen molar-refractivity contribution in [3.63, 3.8) is 0 Å². The summed E-state index contributed by atoms with van der Waals surface area (Å²) < 4.78 is 0. The monoisotopic (exact) mass is 291 g/mol. The summed E-state index contributed by atoms with van der Waals surface area (Å²) in [6, 6.07) is 18.5. The first kappa shape index (κ1) is 13.9. The fraction of sp³-hybridized carbons (Fsp3) is 0.0588. The molecule has 1 aliphatic heterocycles. The van der Waals surface area contributed by atoms with Crippen molar-refractivity contribution < 1.29 is 9.59 Å². The van der Waals surface area contributed by atoms with Crippen LogP contribution in [-0.2, 0) is 9.59 Å². The summed E-state index contributed by atoms with van der Waals surface area (Å²) in [5.41, 5.74) is 7.94. The van der Waals surface area contributed by atoms with Crippen molar-refractivity contribution in [2.45, 2.75) is 0 Å². The molecule has 2 aromatic rings. The Hall–Kier alpha value is -3.08. The van der Waals surface area contributed by atoms with Crippen LogP contribution in [0.15, 0.2) is 70.9 Å². The lowest BCUT2D eigenvalue weighted by molar-refractivity contribution is -0.129. The van der Waals surface area contributed by atoms with Crippen LogP contribution < -0.4 is 5.73 Å². The molecule has 2 amide bonds. The molecule has 1 aliphatic rings. The molecule has 0 spiro atoms. The summed E-state index contributed by atoms with van der Waals surface area (Å²) >= 11 is 0. The first-order valence-electron chi connectivity index (χ1n) is 6.78. The fourth-order valence-electron chi connectivity index (χ4n) is 2.47. The van der Waals surface area contributed by atoms with Gasteiger partial charge in [-0.25, -0.2) is 0 Å². The second-order valence-electron chi connectivity index (χ2n) is 4.87. The SMILES string of the molecule is NC(=O)C1C(=O)N=NC(c2ccccc2)=C1c1ccccc1. The molecule has 1 atom stereocenters. The van der Waals surface area contributed by atoms with Gasteiger partial charge in [-0.15, -0.1) is 10.2 Å². The molecule has 5 heteroatoms. The summed E-state index contributed by atoms with van der Waals surface area (Å²) in [5.74, 6) is -2.47. The van der Waals surface area contributed by atoms with Crippen molar-refractivity contribution in [2.24, 2.45) is 21.9 Å². The summed E-state index contributed by atoms with van der Waals surface area (Å²) in [6.07, 6.45) is 0. The van der Waals surface area contributed by atoms with Crippen LogP contribution in [0.25, 0.3) is 11.3 Å². The van der Waals surface area contributed by atoms with Crippen molar-refractivity contribution in [3.05, 3.63) is 71.8 Å². The normalized spacial score (nSPS) is 17.6. The number of carbonyl (C=O) groups is 2. The van der Waals surface area contributed by atoms with Crippen LogP contribution in [0, 0.1) is 5.92 Å². The number of nitrogens with zero attached hydrogens (tertiary/aromatic N) is 2. The van der Waals surface area contributed by atoms with Gasteiger partial charge in [-0.05, 0) is 5.56 Å². The van der Waals surface area contributed by atoms with Gasteiger partial charge in [0.15, 0.2) is 0 Å². The van der Waals surface area contributed by atoms with Gasteiger partial charge in [-0.2, -0.15) is 0 Å². The molecule has 0 fully saturated rings. The van der Waals surface area contributed by atoms with E-state index in [1.165, 1.54) is 0 Å². The Balaban J connectivity index is 2.28. The predicted octanol–water partition coefficient (Wildman–Crippen LogP) is 2.65. The smallest absolute Gasteiger partial charge is 0.281 e. The van der Waals surface area contributed by atoms with Crippen molar-refractivity contribution in [3.8, 4) is 0 Å². The third-order valence-corrected chi connectivity index (χ3v) is 3.46. The lowest BCUT2D eigenvalue weighted by atomic mass is 9.87. The second-order valence-corrected chi connectivity index (χ2v) is 4.87. The summed E-state index contributed by atoms with van der Waals surface area (Å²) in [4.78, 5) is 23.8. The van der Waals surface area contributed by atoms with Crippen LogP contribution in [-0.4, -0.2) is 11.8 Å². The number of azo groups is 1. The van der Waals surface area contributed by atoms with Crippen LogP contribution in [0.3, 0.4) is 0 Å². The summed E-state index contributed by atoms with van der Waals surface area (Å²) in [6.45, 7) is 0. The van der Waals surface area contributed by atoms with E-state index in [2.05, 4.69) is 10.2 Å².